The summed E-state index contributed by atoms with van der Waals surface area (Å²) in [5.74, 6) is -0.365. The lowest BCUT2D eigenvalue weighted by Gasteiger charge is -2.11. The molecule has 0 unspecified atom stereocenters. The largest absolute Gasteiger partial charge is 0.449 e. The second-order valence-electron chi connectivity index (χ2n) is 2.97. The molecular weight excluding hydrogens is 172 g/mol. The molecular formula is C9H8O4. The Hall–Kier alpha value is -1.58. The van der Waals surface area contributed by atoms with Gasteiger partial charge in [-0.05, 0) is 13.8 Å². The highest BCUT2D eigenvalue weighted by molar-refractivity contribution is 6.23. The molecule has 1 aliphatic heterocycles. The predicted molar refractivity (Wildman–Crippen MR) is 42.5 cm³/mol. The highest BCUT2D eigenvalue weighted by Crippen LogP contribution is 2.29. The van der Waals surface area contributed by atoms with Crippen LogP contribution in [0.5, 0.6) is 0 Å². The maximum absolute atomic E-state index is 11.5. The third kappa shape index (κ3) is 0.915. The van der Waals surface area contributed by atoms with Gasteiger partial charge in [0, 0.05) is 11.1 Å². The van der Waals surface area contributed by atoms with Crippen LogP contribution in [0.25, 0.3) is 0 Å². The van der Waals surface area contributed by atoms with Gasteiger partial charge in [-0.15, -0.1) is 0 Å². The van der Waals surface area contributed by atoms with Crippen molar-refractivity contribution in [2.45, 2.75) is 13.8 Å². The zero-order valence-corrected chi connectivity index (χ0v) is 7.34. The van der Waals surface area contributed by atoms with E-state index in [1.165, 1.54) is 0 Å². The molecule has 0 spiro atoms. The van der Waals surface area contributed by atoms with Crippen LogP contribution in [0, 0.1) is 0 Å². The molecule has 0 radical (unpaired) electrons. The number of rotatable bonds is 0. The summed E-state index contributed by atoms with van der Waals surface area (Å²) in [6.07, 6.45) is 0. The highest BCUT2D eigenvalue weighted by Gasteiger charge is 2.36. The van der Waals surface area contributed by atoms with E-state index < -0.39 is 0 Å². The zero-order valence-electron chi connectivity index (χ0n) is 7.34. The Morgan fingerprint density at radius 3 is 1.69 bits per heavy atom. The molecule has 2 aliphatic rings. The van der Waals surface area contributed by atoms with Crippen molar-refractivity contribution in [2.24, 2.45) is 0 Å². The molecule has 0 amide bonds. The maximum atomic E-state index is 11.5. The molecule has 0 atom stereocenters. The Morgan fingerprint density at radius 2 is 1.31 bits per heavy atom. The zero-order chi connectivity index (χ0) is 9.59. The van der Waals surface area contributed by atoms with Crippen LogP contribution in [0.3, 0.4) is 0 Å². The minimum atomic E-state index is -0.246. The molecule has 0 saturated carbocycles. The molecule has 0 bridgehead atoms. The summed E-state index contributed by atoms with van der Waals surface area (Å²) >= 11 is 0. The van der Waals surface area contributed by atoms with Gasteiger partial charge in [0.1, 0.15) is 0 Å². The second kappa shape index (κ2) is 2.45. The van der Waals surface area contributed by atoms with Crippen molar-refractivity contribution in [1.82, 2.24) is 0 Å². The first-order valence-corrected chi connectivity index (χ1v) is 3.89. The van der Waals surface area contributed by atoms with Crippen LogP contribution >= 0.6 is 0 Å². The first-order valence-electron chi connectivity index (χ1n) is 3.89. The number of ether oxygens (including phenoxy) is 2. The Bertz CT molecular complexity index is 339. The van der Waals surface area contributed by atoms with Crippen molar-refractivity contribution in [1.29, 1.82) is 0 Å². The minimum absolute atomic E-state index is 0.0390. The van der Waals surface area contributed by atoms with E-state index in [4.69, 9.17) is 9.47 Å². The molecule has 0 aromatic rings. The fourth-order valence-corrected chi connectivity index (χ4v) is 1.30. The molecule has 4 heteroatoms. The van der Waals surface area contributed by atoms with E-state index >= 15 is 0 Å². The van der Waals surface area contributed by atoms with Crippen LogP contribution in [0.1, 0.15) is 13.8 Å². The van der Waals surface area contributed by atoms with Crippen molar-refractivity contribution in [3.8, 4) is 0 Å². The number of carbonyl (C=O) groups excluding carboxylic acids is 2. The van der Waals surface area contributed by atoms with Crippen molar-refractivity contribution in [3.05, 3.63) is 22.7 Å². The van der Waals surface area contributed by atoms with Crippen LogP contribution < -0.4 is 0 Å². The average Bonchev–Trinajstić information content (AvgIpc) is 2.59. The number of hydrogen-bond donors (Lipinski definition) is 0. The van der Waals surface area contributed by atoms with E-state index in [0.717, 1.165) is 0 Å². The lowest BCUT2D eigenvalue weighted by Crippen LogP contribution is -2.19. The molecule has 1 aliphatic carbocycles. The maximum Gasteiger partial charge on any atom is 0.231 e. The Balaban J connectivity index is 2.54. The van der Waals surface area contributed by atoms with Gasteiger partial charge in [0.25, 0.3) is 0 Å². The summed E-state index contributed by atoms with van der Waals surface area (Å²) in [5, 5.41) is 0. The van der Waals surface area contributed by atoms with Gasteiger partial charge in [-0.25, -0.2) is 0 Å². The molecule has 1 heterocycles. The molecule has 2 rings (SSSR count). The van der Waals surface area contributed by atoms with Crippen LogP contribution in [0.4, 0.5) is 0 Å². The van der Waals surface area contributed by atoms with Crippen LogP contribution in [-0.2, 0) is 19.1 Å². The smallest absolute Gasteiger partial charge is 0.231 e. The monoisotopic (exact) mass is 180 g/mol. The SMILES string of the molecule is CC1=C(C)C(=O)C2=C(OCO2)C1=O. The fraction of sp³-hybridized carbons (Fsp3) is 0.333. The number of carbonyl (C=O) groups is 2. The quantitative estimate of drug-likeness (QED) is 0.514. The number of allylic oxidation sites excluding steroid dienone is 2. The van der Waals surface area contributed by atoms with Crippen LogP contribution in [-0.4, -0.2) is 18.4 Å². The predicted octanol–water partition coefficient (Wildman–Crippen LogP) is 0.691. The van der Waals surface area contributed by atoms with E-state index in [9.17, 15) is 9.59 Å². The van der Waals surface area contributed by atoms with Crippen LogP contribution in [0.15, 0.2) is 22.7 Å². The summed E-state index contributed by atoms with van der Waals surface area (Å²) in [5.41, 5.74) is 0.878. The first-order chi connectivity index (χ1) is 6.13. The van der Waals surface area contributed by atoms with Crippen LogP contribution in [0.2, 0.25) is 0 Å². The second-order valence-corrected chi connectivity index (χ2v) is 2.97. The molecule has 0 saturated heterocycles. The van der Waals surface area contributed by atoms with Gasteiger partial charge in [0.2, 0.25) is 29.9 Å². The average molecular weight is 180 g/mol. The van der Waals surface area contributed by atoms with Gasteiger partial charge in [-0.3, -0.25) is 9.59 Å². The van der Waals surface area contributed by atoms with Crippen molar-refractivity contribution in [3.63, 3.8) is 0 Å². The number of Topliss-reactive ketones (excluding diaryl/α,β-unsaturated/α-hetero) is 2. The van der Waals surface area contributed by atoms with E-state index in [0.29, 0.717) is 11.1 Å². The lowest BCUT2D eigenvalue weighted by molar-refractivity contribution is -0.118. The summed E-state index contributed by atoms with van der Waals surface area (Å²) in [6.45, 7) is 3.19. The molecule has 68 valence electrons. The Morgan fingerprint density at radius 1 is 0.923 bits per heavy atom. The van der Waals surface area contributed by atoms with E-state index in [2.05, 4.69) is 0 Å². The number of ketones is 2. The third-order valence-electron chi connectivity index (χ3n) is 2.27. The molecule has 0 aromatic carbocycles. The Labute approximate surface area is 74.8 Å². The fourth-order valence-electron chi connectivity index (χ4n) is 1.30. The molecule has 0 fully saturated rings. The van der Waals surface area contributed by atoms with Gasteiger partial charge in [-0.1, -0.05) is 0 Å². The minimum Gasteiger partial charge on any atom is -0.449 e. The third-order valence-corrected chi connectivity index (χ3v) is 2.27. The standard InChI is InChI=1S/C9H8O4/c1-4-5(2)7(11)9-8(6(4)10)12-3-13-9/h3H2,1-2H3. The lowest BCUT2D eigenvalue weighted by atomic mass is 9.95. The van der Waals surface area contributed by atoms with Crippen molar-refractivity contribution in [2.75, 3.05) is 6.79 Å². The van der Waals surface area contributed by atoms with Crippen molar-refractivity contribution >= 4 is 11.6 Å². The number of hydrogen-bond acceptors (Lipinski definition) is 4. The topological polar surface area (TPSA) is 52.6 Å². The summed E-state index contributed by atoms with van der Waals surface area (Å²) < 4.78 is 9.82. The molecule has 0 N–H and O–H groups in total. The normalized spacial score (nSPS) is 21.7. The van der Waals surface area contributed by atoms with E-state index in [1.54, 1.807) is 13.8 Å². The summed E-state index contributed by atoms with van der Waals surface area (Å²) in [4.78, 5) is 23.0. The van der Waals surface area contributed by atoms with E-state index in [-0.39, 0.29) is 29.9 Å². The van der Waals surface area contributed by atoms with E-state index in [1.807, 2.05) is 0 Å². The Kier molecular flexibility index (Phi) is 1.52. The molecule has 0 aromatic heterocycles. The first kappa shape index (κ1) is 8.04. The summed E-state index contributed by atoms with van der Waals surface area (Å²) in [7, 11) is 0. The van der Waals surface area contributed by atoms with Gasteiger partial charge < -0.3 is 9.47 Å². The molecule has 13 heavy (non-hydrogen) atoms. The van der Waals surface area contributed by atoms with Gasteiger partial charge >= 0.3 is 0 Å². The van der Waals surface area contributed by atoms with Crippen molar-refractivity contribution < 1.29 is 19.1 Å². The van der Waals surface area contributed by atoms with Gasteiger partial charge in [-0.2, -0.15) is 0 Å². The van der Waals surface area contributed by atoms with Gasteiger partial charge in [0.05, 0.1) is 0 Å². The summed E-state index contributed by atoms with van der Waals surface area (Å²) in [6, 6.07) is 0. The highest BCUT2D eigenvalue weighted by atomic mass is 16.7. The molecule has 4 nitrogen and oxygen atoms in total. The van der Waals surface area contributed by atoms with Gasteiger partial charge in [0.15, 0.2) is 0 Å².